The number of amides is 1. The lowest BCUT2D eigenvalue weighted by atomic mass is 10.3. The van der Waals surface area contributed by atoms with Gasteiger partial charge in [-0.1, -0.05) is 17.8 Å². The molecule has 0 saturated heterocycles. The second kappa shape index (κ2) is 7.14. The number of carbonyl (C=O) groups is 1. The Labute approximate surface area is 142 Å². The number of ether oxygens (including phenoxy) is 1. The summed E-state index contributed by atoms with van der Waals surface area (Å²) in [6.07, 6.45) is 4.91. The number of aromatic nitrogens is 4. The number of hydrogen-bond acceptors (Lipinski definition) is 6. The summed E-state index contributed by atoms with van der Waals surface area (Å²) in [5.41, 5.74) is 5.47. The van der Waals surface area contributed by atoms with Crippen LogP contribution in [0.2, 0.25) is 0 Å². The van der Waals surface area contributed by atoms with Gasteiger partial charge in [-0.3, -0.25) is 4.79 Å². The number of hydrogen-bond donors (Lipinski definition) is 1. The molecule has 3 aromatic heterocycles. The largest absolute Gasteiger partial charge is 0.437 e. The third-order valence-electron chi connectivity index (χ3n) is 3.11. The number of rotatable bonds is 6. The van der Waals surface area contributed by atoms with Gasteiger partial charge in [0.1, 0.15) is 5.03 Å². The molecule has 24 heavy (non-hydrogen) atoms. The van der Waals surface area contributed by atoms with E-state index >= 15 is 0 Å². The van der Waals surface area contributed by atoms with Crippen molar-refractivity contribution in [2.24, 2.45) is 5.73 Å². The van der Waals surface area contributed by atoms with E-state index in [0.29, 0.717) is 18.2 Å². The summed E-state index contributed by atoms with van der Waals surface area (Å²) in [5, 5.41) is 4.95. The molecule has 0 spiro atoms. The molecule has 2 N–H and O–H groups in total. The summed E-state index contributed by atoms with van der Waals surface area (Å²) in [6.45, 7) is 2.59. The zero-order valence-corrected chi connectivity index (χ0v) is 13.7. The second-order valence-corrected chi connectivity index (χ2v) is 5.83. The van der Waals surface area contributed by atoms with Crippen LogP contribution in [0.4, 0.5) is 0 Å². The fourth-order valence-corrected chi connectivity index (χ4v) is 2.80. The lowest BCUT2D eigenvalue weighted by Crippen LogP contribution is -2.14. The van der Waals surface area contributed by atoms with Gasteiger partial charge in [-0.05, 0) is 25.1 Å². The summed E-state index contributed by atoms with van der Waals surface area (Å²) in [6, 6.07) is 9.07. The molecule has 0 fully saturated rings. The van der Waals surface area contributed by atoms with Crippen LogP contribution in [0.5, 0.6) is 11.6 Å². The average molecular weight is 341 g/mol. The van der Waals surface area contributed by atoms with Crippen LogP contribution in [0.15, 0.2) is 58.8 Å². The lowest BCUT2D eigenvalue weighted by molar-refractivity contribution is 0.0993. The summed E-state index contributed by atoms with van der Waals surface area (Å²) >= 11 is 1.42. The normalized spacial score (nSPS) is 10.5. The first kappa shape index (κ1) is 16.0. The predicted molar refractivity (Wildman–Crippen MR) is 89.1 cm³/mol. The Morgan fingerprint density at radius 2 is 2.17 bits per heavy atom. The molecule has 0 atom stereocenters. The van der Waals surface area contributed by atoms with Gasteiger partial charge in [0.15, 0.2) is 11.4 Å². The summed E-state index contributed by atoms with van der Waals surface area (Å²) in [7, 11) is 0. The van der Waals surface area contributed by atoms with E-state index in [1.807, 2.05) is 25.1 Å². The minimum Gasteiger partial charge on any atom is -0.437 e. The first-order valence-corrected chi connectivity index (χ1v) is 8.07. The van der Waals surface area contributed by atoms with Gasteiger partial charge in [-0.15, -0.1) is 0 Å². The lowest BCUT2D eigenvalue weighted by Gasteiger charge is -2.11. The van der Waals surface area contributed by atoms with Gasteiger partial charge >= 0.3 is 0 Å². The van der Waals surface area contributed by atoms with Crippen molar-refractivity contribution in [3.05, 3.63) is 54.6 Å². The third kappa shape index (κ3) is 3.54. The molecule has 7 nitrogen and oxygen atoms in total. The first-order chi connectivity index (χ1) is 11.7. The van der Waals surface area contributed by atoms with Crippen LogP contribution in [-0.2, 0) is 6.54 Å². The number of carbonyl (C=O) groups excluding carboxylic acids is 1. The molecule has 0 bridgehead atoms. The van der Waals surface area contributed by atoms with Crippen LogP contribution >= 0.6 is 11.8 Å². The molecule has 0 unspecified atom stereocenters. The molecule has 0 aliphatic heterocycles. The molecule has 3 rings (SSSR count). The number of primary amides is 1. The van der Waals surface area contributed by atoms with Crippen molar-refractivity contribution in [1.82, 2.24) is 19.7 Å². The topological polar surface area (TPSA) is 95.9 Å². The molecule has 1 amide bonds. The van der Waals surface area contributed by atoms with Gasteiger partial charge in [-0.2, -0.15) is 5.10 Å². The minimum atomic E-state index is -0.651. The molecule has 0 saturated carbocycles. The Hall–Kier alpha value is -2.87. The zero-order chi connectivity index (χ0) is 16.9. The van der Waals surface area contributed by atoms with Crippen molar-refractivity contribution in [3.8, 4) is 11.6 Å². The zero-order valence-electron chi connectivity index (χ0n) is 12.9. The number of nitrogens with zero attached hydrogens (tertiary/aromatic N) is 4. The highest BCUT2D eigenvalue weighted by Gasteiger charge is 2.15. The van der Waals surface area contributed by atoms with Gasteiger partial charge in [0.05, 0.1) is 6.20 Å². The standard InChI is InChI=1S/C16H15N5O2S/c1-2-21-14(6-8-20-21)23-12-9-11(10-19-15(12)16(17)22)24-13-5-3-4-7-18-13/h3-10H,2H2,1H3,(H2,17,22). The molecule has 8 heteroatoms. The Kier molecular flexibility index (Phi) is 4.76. The molecule has 3 heterocycles. The van der Waals surface area contributed by atoms with Crippen LogP contribution in [0.1, 0.15) is 17.4 Å². The van der Waals surface area contributed by atoms with Gasteiger partial charge in [-0.25, -0.2) is 14.6 Å². The Morgan fingerprint density at radius 1 is 1.29 bits per heavy atom. The van der Waals surface area contributed by atoms with Gasteiger partial charge in [0, 0.05) is 29.9 Å². The van der Waals surface area contributed by atoms with Crippen molar-refractivity contribution in [3.63, 3.8) is 0 Å². The molecule has 122 valence electrons. The smallest absolute Gasteiger partial charge is 0.271 e. The monoisotopic (exact) mass is 341 g/mol. The average Bonchev–Trinajstić information content (AvgIpc) is 3.03. The number of aryl methyl sites for hydroxylation is 1. The maximum atomic E-state index is 11.6. The van der Waals surface area contributed by atoms with Crippen molar-refractivity contribution in [2.75, 3.05) is 0 Å². The van der Waals surface area contributed by atoms with E-state index in [1.54, 1.807) is 35.4 Å². The Morgan fingerprint density at radius 3 is 2.88 bits per heavy atom. The fourth-order valence-electron chi connectivity index (χ4n) is 2.03. The maximum absolute atomic E-state index is 11.6. The van der Waals surface area contributed by atoms with Crippen LogP contribution in [0, 0.1) is 0 Å². The van der Waals surface area contributed by atoms with E-state index in [-0.39, 0.29) is 5.69 Å². The molecule has 3 aromatic rings. The van der Waals surface area contributed by atoms with E-state index < -0.39 is 5.91 Å². The van der Waals surface area contributed by atoms with Gasteiger partial charge in [0.25, 0.3) is 5.91 Å². The van der Waals surface area contributed by atoms with Crippen molar-refractivity contribution in [2.45, 2.75) is 23.4 Å². The van der Waals surface area contributed by atoms with E-state index in [0.717, 1.165) is 9.92 Å². The first-order valence-electron chi connectivity index (χ1n) is 7.25. The van der Waals surface area contributed by atoms with E-state index in [9.17, 15) is 4.79 Å². The molecule has 0 aliphatic rings. The van der Waals surface area contributed by atoms with Crippen molar-refractivity contribution >= 4 is 17.7 Å². The summed E-state index contributed by atoms with van der Waals surface area (Å²) in [5.74, 6) is 0.155. The molecular weight excluding hydrogens is 326 g/mol. The SMILES string of the molecule is CCn1nccc1Oc1cc(Sc2ccccn2)cnc1C(N)=O. The summed E-state index contributed by atoms with van der Waals surface area (Å²) in [4.78, 5) is 20.8. The van der Waals surface area contributed by atoms with Gasteiger partial charge in [0.2, 0.25) is 5.88 Å². The highest BCUT2D eigenvalue weighted by Crippen LogP contribution is 2.31. The van der Waals surface area contributed by atoms with Gasteiger partial charge < -0.3 is 10.5 Å². The van der Waals surface area contributed by atoms with E-state index in [4.69, 9.17) is 10.5 Å². The predicted octanol–water partition coefficient (Wildman–Crippen LogP) is 2.74. The number of pyridine rings is 2. The van der Waals surface area contributed by atoms with Crippen molar-refractivity contribution in [1.29, 1.82) is 0 Å². The Bertz CT molecular complexity index is 851. The molecule has 0 aliphatic carbocycles. The van der Waals surface area contributed by atoms with Crippen LogP contribution < -0.4 is 10.5 Å². The third-order valence-corrected chi connectivity index (χ3v) is 4.02. The minimum absolute atomic E-state index is 0.0734. The quantitative estimate of drug-likeness (QED) is 0.740. The second-order valence-electron chi connectivity index (χ2n) is 4.74. The van der Waals surface area contributed by atoms with Crippen LogP contribution in [-0.4, -0.2) is 25.7 Å². The fraction of sp³-hybridized carbons (Fsp3) is 0.125. The highest BCUT2D eigenvalue weighted by atomic mass is 32.2. The van der Waals surface area contributed by atoms with Crippen LogP contribution in [0.25, 0.3) is 0 Å². The van der Waals surface area contributed by atoms with Crippen molar-refractivity contribution < 1.29 is 9.53 Å². The van der Waals surface area contributed by atoms with E-state index in [1.165, 1.54) is 11.8 Å². The van der Waals surface area contributed by atoms with Crippen LogP contribution in [0.3, 0.4) is 0 Å². The molecule has 0 radical (unpaired) electrons. The molecule has 0 aromatic carbocycles. The summed E-state index contributed by atoms with van der Waals surface area (Å²) < 4.78 is 7.48. The highest BCUT2D eigenvalue weighted by molar-refractivity contribution is 7.99. The van der Waals surface area contributed by atoms with E-state index in [2.05, 4.69) is 15.1 Å². The molecular formula is C16H15N5O2S. The maximum Gasteiger partial charge on any atom is 0.271 e. The Balaban J connectivity index is 1.93. The number of nitrogens with two attached hydrogens (primary N) is 1.